The number of nitrogens with zero attached hydrogens (tertiary/aromatic N) is 4. The van der Waals surface area contributed by atoms with Gasteiger partial charge in [0.25, 0.3) is 0 Å². The average Bonchev–Trinajstić information content (AvgIpc) is 3.28. The molecule has 152 valence electrons. The fraction of sp³-hybridized carbons (Fsp3) is 0.455. The van der Waals surface area contributed by atoms with Crippen molar-refractivity contribution in [3.05, 3.63) is 48.4 Å². The number of fused-ring (bicyclic) bond motifs is 1. The zero-order valence-electron chi connectivity index (χ0n) is 16.7. The molecule has 1 atom stereocenters. The van der Waals surface area contributed by atoms with Crippen LogP contribution in [0.15, 0.2) is 42.9 Å². The average molecular weight is 393 g/mol. The second kappa shape index (κ2) is 8.39. The molecule has 2 fully saturated rings. The van der Waals surface area contributed by atoms with Gasteiger partial charge in [0, 0.05) is 61.9 Å². The molecule has 2 saturated heterocycles. The number of aromatic amines is 1. The van der Waals surface area contributed by atoms with E-state index >= 15 is 0 Å². The SMILES string of the molecule is c1cc(CNC2CCCN(c3cc(N4CCOCC4)ncn3)C2)c2cc[nH]c2c1. The van der Waals surface area contributed by atoms with E-state index in [-0.39, 0.29) is 0 Å². The summed E-state index contributed by atoms with van der Waals surface area (Å²) < 4.78 is 5.46. The summed E-state index contributed by atoms with van der Waals surface area (Å²) in [5.74, 6) is 2.04. The van der Waals surface area contributed by atoms with Gasteiger partial charge in [0.2, 0.25) is 0 Å². The number of hydrogen-bond acceptors (Lipinski definition) is 6. The Bertz CT molecular complexity index is 951. The Morgan fingerprint density at radius 2 is 1.93 bits per heavy atom. The highest BCUT2D eigenvalue weighted by Crippen LogP contribution is 2.23. The number of H-pyrrole nitrogens is 1. The predicted molar refractivity (Wildman–Crippen MR) is 115 cm³/mol. The zero-order chi connectivity index (χ0) is 19.5. The maximum Gasteiger partial charge on any atom is 0.134 e. The van der Waals surface area contributed by atoms with Gasteiger partial charge in [0.05, 0.1) is 13.2 Å². The first-order valence-corrected chi connectivity index (χ1v) is 10.5. The molecule has 2 aliphatic heterocycles. The molecule has 2 N–H and O–H groups in total. The summed E-state index contributed by atoms with van der Waals surface area (Å²) in [6, 6.07) is 11.2. The molecule has 5 rings (SSSR count). The van der Waals surface area contributed by atoms with Crippen LogP contribution < -0.4 is 15.1 Å². The van der Waals surface area contributed by atoms with Crippen LogP contribution in [-0.4, -0.2) is 60.4 Å². The lowest BCUT2D eigenvalue weighted by molar-refractivity contribution is 0.122. The van der Waals surface area contributed by atoms with E-state index in [9.17, 15) is 0 Å². The number of hydrogen-bond donors (Lipinski definition) is 2. The van der Waals surface area contributed by atoms with Crippen molar-refractivity contribution in [1.29, 1.82) is 0 Å². The second-order valence-electron chi connectivity index (χ2n) is 7.86. The van der Waals surface area contributed by atoms with Crippen LogP contribution in [-0.2, 0) is 11.3 Å². The minimum absolute atomic E-state index is 0.458. The number of aromatic nitrogens is 3. The van der Waals surface area contributed by atoms with Gasteiger partial charge in [0.15, 0.2) is 0 Å². The molecule has 0 saturated carbocycles. The van der Waals surface area contributed by atoms with Crippen LogP contribution in [0.5, 0.6) is 0 Å². The highest BCUT2D eigenvalue weighted by Gasteiger charge is 2.22. The van der Waals surface area contributed by atoms with E-state index in [4.69, 9.17) is 4.74 Å². The molecule has 1 unspecified atom stereocenters. The number of benzene rings is 1. The molecule has 3 aromatic rings. The molecule has 0 radical (unpaired) electrons. The topological polar surface area (TPSA) is 69.3 Å². The van der Waals surface area contributed by atoms with Crippen LogP contribution in [0.1, 0.15) is 18.4 Å². The smallest absolute Gasteiger partial charge is 0.134 e. The van der Waals surface area contributed by atoms with Gasteiger partial charge in [-0.3, -0.25) is 0 Å². The van der Waals surface area contributed by atoms with Gasteiger partial charge in [-0.1, -0.05) is 12.1 Å². The molecule has 0 aliphatic carbocycles. The van der Waals surface area contributed by atoms with E-state index in [1.54, 1.807) is 6.33 Å². The highest BCUT2D eigenvalue weighted by atomic mass is 16.5. The molecule has 0 bridgehead atoms. The molecule has 4 heterocycles. The van der Waals surface area contributed by atoms with Crippen molar-refractivity contribution in [3.8, 4) is 0 Å². The third-order valence-corrected chi connectivity index (χ3v) is 5.99. The molecular weight excluding hydrogens is 364 g/mol. The molecule has 1 aromatic carbocycles. The summed E-state index contributed by atoms with van der Waals surface area (Å²) in [6.45, 7) is 6.23. The van der Waals surface area contributed by atoms with Crippen molar-refractivity contribution in [1.82, 2.24) is 20.3 Å². The monoisotopic (exact) mass is 392 g/mol. The summed E-state index contributed by atoms with van der Waals surface area (Å²) in [6.07, 6.45) is 6.07. The maximum atomic E-state index is 5.46. The van der Waals surface area contributed by atoms with Gasteiger partial charge in [-0.2, -0.15) is 0 Å². The maximum absolute atomic E-state index is 5.46. The van der Waals surface area contributed by atoms with E-state index in [0.717, 1.165) is 57.6 Å². The highest BCUT2D eigenvalue weighted by molar-refractivity contribution is 5.82. The van der Waals surface area contributed by atoms with E-state index in [2.05, 4.69) is 60.4 Å². The van der Waals surface area contributed by atoms with Gasteiger partial charge in [-0.25, -0.2) is 9.97 Å². The van der Waals surface area contributed by atoms with Crippen molar-refractivity contribution in [2.75, 3.05) is 49.2 Å². The first-order chi connectivity index (χ1) is 14.4. The lowest BCUT2D eigenvalue weighted by Gasteiger charge is -2.35. The van der Waals surface area contributed by atoms with E-state index in [1.807, 2.05) is 6.20 Å². The Hall–Kier alpha value is -2.64. The van der Waals surface area contributed by atoms with Crippen LogP contribution in [0.4, 0.5) is 11.6 Å². The quantitative estimate of drug-likeness (QED) is 0.696. The molecular formula is C22H28N6O. The van der Waals surface area contributed by atoms with Crippen molar-refractivity contribution in [2.45, 2.75) is 25.4 Å². The van der Waals surface area contributed by atoms with Gasteiger partial charge in [-0.15, -0.1) is 0 Å². The fourth-order valence-corrected chi connectivity index (χ4v) is 4.39. The Morgan fingerprint density at radius 1 is 1.07 bits per heavy atom. The first kappa shape index (κ1) is 18.4. The van der Waals surface area contributed by atoms with E-state index in [0.29, 0.717) is 6.04 Å². The van der Waals surface area contributed by atoms with Crippen molar-refractivity contribution in [3.63, 3.8) is 0 Å². The standard InChI is InChI=1S/C22H28N6O/c1-3-17(19-6-7-23-20(19)5-1)14-24-18-4-2-8-28(15-18)22-13-21(25-16-26-22)27-9-11-29-12-10-27/h1,3,5-7,13,16,18,23-24H,2,4,8-12,14-15H2. The van der Waals surface area contributed by atoms with Crippen molar-refractivity contribution in [2.24, 2.45) is 0 Å². The minimum atomic E-state index is 0.458. The molecule has 7 heteroatoms. The summed E-state index contributed by atoms with van der Waals surface area (Å²) in [5, 5.41) is 5.08. The molecule has 29 heavy (non-hydrogen) atoms. The lowest BCUT2D eigenvalue weighted by atomic mass is 10.0. The van der Waals surface area contributed by atoms with Crippen LogP contribution in [0.2, 0.25) is 0 Å². The fourth-order valence-electron chi connectivity index (χ4n) is 4.39. The van der Waals surface area contributed by atoms with Crippen molar-refractivity contribution < 1.29 is 4.74 Å². The number of morpholine rings is 1. The Balaban J connectivity index is 1.24. The predicted octanol–water partition coefficient (Wildman–Crippen LogP) is 2.55. The molecule has 0 amide bonds. The summed E-state index contributed by atoms with van der Waals surface area (Å²) in [7, 11) is 0. The van der Waals surface area contributed by atoms with Crippen LogP contribution in [0, 0.1) is 0 Å². The van der Waals surface area contributed by atoms with Gasteiger partial charge < -0.3 is 24.8 Å². The summed E-state index contributed by atoms with van der Waals surface area (Å²) in [5.41, 5.74) is 2.55. The number of ether oxygens (including phenoxy) is 1. The molecule has 2 aromatic heterocycles. The summed E-state index contributed by atoms with van der Waals surface area (Å²) >= 11 is 0. The van der Waals surface area contributed by atoms with Crippen LogP contribution in [0.3, 0.4) is 0 Å². The lowest BCUT2D eigenvalue weighted by Crippen LogP contribution is -2.46. The van der Waals surface area contributed by atoms with Crippen molar-refractivity contribution >= 4 is 22.5 Å². The van der Waals surface area contributed by atoms with E-state index in [1.165, 1.54) is 29.3 Å². The molecule has 2 aliphatic rings. The largest absolute Gasteiger partial charge is 0.378 e. The third kappa shape index (κ3) is 4.06. The Labute approximate surface area is 171 Å². The summed E-state index contributed by atoms with van der Waals surface area (Å²) in [4.78, 5) is 17.0. The Morgan fingerprint density at radius 3 is 2.83 bits per heavy atom. The van der Waals surface area contributed by atoms with Gasteiger partial charge >= 0.3 is 0 Å². The minimum Gasteiger partial charge on any atom is -0.378 e. The molecule has 7 nitrogen and oxygen atoms in total. The third-order valence-electron chi connectivity index (χ3n) is 5.99. The van der Waals surface area contributed by atoms with Crippen LogP contribution in [0.25, 0.3) is 10.9 Å². The first-order valence-electron chi connectivity index (χ1n) is 10.5. The second-order valence-corrected chi connectivity index (χ2v) is 7.86. The Kier molecular flexibility index (Phi) is 5.32. The number of rotatable bonds is 5. The van der Waals surface area contributed by atoms with Crippen LogP contribution >= 0.6 is 0 Å². The number of nitrogens with one attached hydrogen (secondary N) is 2. The molecule has 0 spiro atoms. The number of piperidine rings is 1. The van der Waals surface area contributed by atoms with Gasteiger partial charge in [0.1, 0.15) is 18.0 Å². The normalized spacial score (nSPS) is 20.3. The number of anilines is 2. The zero-order valence-corrected chi connectivity index (χ0v) is 16.7. The van der Waals surface area contributed by atoms with E-state index < -0.39 is 0 Å². The van der Waals surface area contributed by atoms with Gasteiger partial charge in [-0.05, 0) is 30.5 Å².